The molecule has 1 heterocycles. The van der Waals surface area contributed by atoms with Crippen molar-refractivity contribution in [1.29, 1.82) is 0 Å². The van der Waals surface area contributed by atoms with E-state index < -0.39 is 9.84 Å². The summed E-state index contributed by atoms with van der Waals surface area (Å²) in [5.41, 5.74) is 0.0941. The van der Waals surface area contributed by atoms with Gasteiger partial charge >= 0.3 is 0 Å². The van der Waals surface area contributed by atoms with Gasteiger partial charge in [-0.1, -0.05) is 40.0 Å². The lowest BCUT2D eigenvalue weighted by Gasteiger charge is -2.27. The second-order valence-corrected chi connectivity index (χ2v) is 9.10. The average molecular weight is 318 g/mol. The van der Waals surface area contributed by atoms with E-state index in [0.29, 0.717) is 13.1 Å². The highest BCUT2D eigenvalue weighted by molar-refractivity contribution is 7.91. The van der Waals surface area contributed by atoms with Gasteiger partial charge < -0.3 is 10.6 Å². The molecule has 1 unspecified atom stereocenters. The highest BCUT2D eigenvalue weighted by Crippen LogP contribution is 2.22. The number of amides is 1. The minimum atomic E-state index is -2.98. The molecule has 21 heavy (non-hydrogen) atoms. The third kappa shape index (κ3) is 7.81. The molecule has 0 saturated carbocycles. The van der Waals surface area contributed by atoms with Crippen molar-refractivity contribution in [3.8, 4) is 0 Å². The highest BCUT2D eigenvalue weighted by atomic mass is 32.2. The summed E-state index contributed by atoms with van der Waals surface area (Å²) in [4.78, 5) is 12.0. The van der Waals surface area contributed by atoms with Crippen molar-refractivity contribution >= 4 is 15.7 Å². The largest absolute Gasteiger partial charge is 0.356 e. The zero-order valence-corrected chi connectivity index (χ0v) is 14.4. The van der Waals surface area contributed by atoms with Crippen LogP contribution in [0.3, 0.4) is 0 Å². The molecule has 124 valence electrons. The van der Waals surface area contributed by atoms with Crippen molar-refractivity contribution in [3.05, 3.63) is 0 Å². The zero-order valence-electron chi connectivity index (χ0n) is 13.6. The average Bonchev–Trinajstić information content (AvgIpc) is 2.35. The van der Waals surface area contributed by atoms with Crippen LogP contribution in [-0.4, -0.2) is 45.0 Å². The Hall–Kier alpha value is -0.620. The topological polar surface area (TPSA) is 75.3 Å². The molecular formula is C15H30N2O3S. The molecule has 6 heteroatoms. The summed E-state index contributed by atoms with van der Waals surface area (Å²) in [6.45, 7) is 7.59. The second-order valence-electron chi connectivity index (χ2n) is 6.87. The van der Waals surface area contributed by atoms with Gasteiger partial charge in [0, 0.05) is 25.6 Å². The van der Waals surface area contributed by atoms with Crippen molar-refractivity contribution in [2.24, 2.45) is 5.41 Å². The van der Waals surface area contributed by atoms with Crippen LogP contribution in [0.1, 0.15) is 52.9 Å². The van der Waals surface area contributed by atoms with E-state index in [9.17, 15) is 13.2 Å². The third-order valence-electron chi connectivity index (χ3n) is 3.95. The van der Waals surface area contributed by atoms with Crippen LogP contribution in [0.25, 0.3) is 0 Å². The minimum absolute atomic E-state index is 0.0619. The number of hydrogen-bond acceptors (Lipinski definition) is 4. The maximum absolute atomic E-state index is 12.0. The smallest absolute Gasteiger partial charge is 0.221 e. The Morgan fingerprint density at radius 2 is 2.05 bits per heavy atom. The van der Waals surface area contributed by atoms with E-state index in [1.54, 1.807) is 0 Å². The summed E-state index contributed by atoms with van der Waals surface area (Å²) >= 11 is 0. The maximum atomic E-state index is 12.0. The van der Waals surface area contributed by atoms with Crippen molar-refractivity contribution in [1.82, 2.24) is 10.6 Å². The molecule has 1 saturated heterocycles. The molecule has 0 spiro atoms. The number of unbranched alkanes of at least 4 members (excludes halogenated alkanes) is 2. The molecule has 0 aromatic carbocycles. The van der Waals surface area contributed by atoms with E-state index >= 15 is 0 Å². The minimum Gasteiger partial charge on any atom is -0.356 e. The van der Waals surface area contributed by atoms with E-state index in [1.807, 2.05) is 0 Å². The summed E-state index contributed by atoms with van der Waals surface area (Å²) < 4.78 is 23.1. The number of rotatable bonds is 8. The molecule has 1 aliphatic heterocycles. The summed E-state index contributed by atoms with van der Waals surface area (Å²) in [6, 6.07) is -0.244. The molecule has 1 rings (SSSR count). The number of carbonyl (C=O) groups is 1. The van der Waals surface area contributed by atoms with Gasteiger partial charge in [0.1, 0.15) is 0 Å². The van der Waals surface area contributed by atoms with Crippen LogP contribution >= 0.6 is 0 Å². The molecule has 0 aromatic heterocycles. The summed E-state index contributed by atoms with van der Waals surface area (Å²) in [5, 5.41) is 6.06. The first-order valence-electron chi connectivity index (χ1n) is 7.94. The fourth-order valence-corrected chi connectivity index (χ4v) is 4.02. The first-order chi connectivity index (χ1) is 9.74. The van der Waals surface area contributed by atoms with Gasteiger partial charge in [-0.15, -0.1) is 0 Å². The molecule has 0 aliphatic carbocycles. The van der Waals surface area contributed by atoms with Crippen molar-refractivity contribution < 1.29 is 13.2 Å². The molecule has 0 bridgehead atoms. The molecular weight excluding hydrogens is 288 g/mol. The lowest BCUT2D eigenvalue weighted by atomic mass is 9.87. The Balaban J connectivity index is 2.30. The standard InChI is InChI=1S/C15H30N2O3S/c1-4-5-6-7-15(2,3)12-17-14(18)10-13-11-21(19,20)9-8-16-13/h13,16H,4-12H2,1-3H3,(H,17,18). The van der Waals surface area contributed by atoms with Gasteiger partial charge in [-0.25, -0.2) is 8.42 Å². The molecule has 1 fully saturated rings. The molecule has 0 aromatic rings. The van der Waals surface area contributed by atoms with E-state index in [1.165, 1.54) is 19.3 Å². The quantitative estimate of drug-likeness (QED) is 0.665. The number of carbonyl (C=O) groups excluding carboxylic acids is 1. The van der Waals surface area contributed by atoms with Crippen LogP contribution in [-0.2, 0) is 14.6 Å². The molecule has 0 radical (unpaired) electrons. The number of hydrogen-bond donors (Lipinski definition) is 2. The van der Waals surface area contributed by atoms with Crippen LogP contribution in [0.4, 0.5) is 0 Å². The van der Waals surface area contributed by atoms with Gasteiger partial charge in [0.25, 0.3) is 0 Å². The second kappa shape index (κ2) is 8.13. The monoisotopic (exact) mass is 318 g/mol. The molecule has 2 N–H and O–H groups in total. The van der Waals surface area contributed by atoms with Gasteiger partial charge in [-0.3, -0.25) is 4.79 Å². The summed E-state index contributed by atoms with van der Waals surface area (Å²) in [7, 11) is -2.98. The first-order valence-corrected chi connectivity index (χ1v) is 9.77. The molecule has 5 nitrogen and oxygen atoms in total. The van der Waals surface area contributed by atoms with Crippen molar-refractivity contribution in [2.45, 2.75) is 58.9 Å². The SMILES string of the molecule is CCCCCC(C)(C)CNC(=O)CC1CS(=O)(=O)CCN1. The Bertz CT molecular complexity index is 432. The number of nitrogens with one attached hydrogen (secondary N) is 2. The highest BCUT2D eigenvalue weighted by Gasteiger charge is 2.26. The molecule has 1 amide bonds. The van der Waals surface area contributed by atoms with Gasteiger partial charge in [0.05, 0.1) is 11.5 Å². The van der Waals surface area contributed by atoms with Crippen LogP contribution in [0.2, 0.25) is 0 Å². The first kappa shape index (κ1) is 18.4. The van der Waals surface area contributed by atoms with Crippen LogP contribution in [0, 0.1) is 5.41 Å². The van der Waals surface area contributed by atoms with Crippen LogP contribution in [0.5, 0.6) is 0 Å². The van der Waals surface area contributed by atoms with Crippen LogP contribution in [0.15, 0.2) is 0 Å². The predicted octanol–water partition coefficient (Wildman–Crippen LogP) is 1.49. The Kier molecular flexibility index (Phi) is 7.13. The fourth-order valence-electron chi connectivity index (χ4n) is 2.57. The van der Waals surface area contributed by atoms with Crippen molar-refractivity contribution in [2.75, 3.05) is 24.6 Å². The zero-order chi connectivity index (χ0) is 15.9. The van der Waals surface area contributed by atoms with Gasteiger partial charge in [0.15, 0.2) is 9.84 Å². The van der Waals surface area contributed by atoms with E-state index in [0.717, 1.165) is 6.42 Å². The lowest BCUT2D eigenvalue weighted by Crippen LogP contribution is -2.47. The van der Waals surface area contributed by atoms with E-state index in [-0.39, 0.29) is 35.3 Å². The van der Waals surface area contributed by atoms with Gasteiger partial charge in [0.2, 0.25) is 5.91 Å². The fraction of sp³-hybridized carbons (Fsp3) is 0.933. The summed E-state index contributed by atoms with van der Waals surface area (Å²) in [5.74, 6) is 0.184. The third-order valence-corrected chi connectivity index (χ3v) is 5.69. The van der Waals surface area contributed by atoms with E-state index in [2.05, 4.69) is 31.4 Å². The predicted molar refractivity (Wildman–Crippen MR) is 86.0 cm³/mol. The Labute approximate surface area is 129 Å². The van der Waals surface area contributed by atoms with Gasteiger partial charge in [-0.05, 0) is 11.8 Å². The molecule has 1 atom stereocenters. The van der Waals surface area contributed by atoms with Gasteiger partial charge in [-0.2, -0.15) is 0 Å². The summed E-state index contributed by atoms with van der Waals surface area (Å²) in [6.07, 6.45) is 4.94. The Morgan fingerprint density at radius 1 is 1.33 bits per heavy atom. The lowest BCUT2D eigenvalue weighted by molar-refractivity contribution is -0.121. The molecule has 1 aliphatic rings. The maximum Gasteiger partial charge on any atom is 0.221 e. The normalized spacial score (nSPS) is 22.0. The number of sulfone groups is 1. The van der Waals surface area contributed by atoms with E-state index in [4.69, 9.17) is 0 Å². The van der Waals surface area contributed by atoms with Crippen molar-refractivity contribution in [3.63, 3.8) is 0 Å². The van der Waals surface area contributed by atoms with Crippen LogP contribution < -0.4 is 10.6 Å². The Morgan fingerprint density at radius 3 is 2.67 bits per heavy atom.